The summed E-state index contributed by atoms with van der Waals surface area (Å²) in [5.41, 5.74) is 1.63. The highest BCUT2D eigenvalue weighted by atomic mass is 32.2. The van der Waals surface area contributed by atoms with E-state index in [-0.39, 0.29) is 12.4 Å². The summed E-state index contributed by atoms with van der Waals surface area (Å²) in [4.78, 5) is 8.44. The number of hydrogen-bond acceptors (Lipinski definition) is 7. The number of aryl methyl sites for hydroxylation is 2. The van der Waals surface area contributed by atoms with E-state index in [1.54, 1.807) is 31.1 Å². The molecule has 0 aliphatic heterocycles. The van der Waals surface area contributed by atoms with Gasteiger partial charge in [-0.3, -0.25) is 9.98 Å². The molecule has 7 nitrogen and oxygen atoms in total. The summed E-state index contributed by atoms with van der Waals surface area (Å²) in [6.07, 6.45) is 6.82. The van der Waals surface area contributed by atoms with Gasteiger partial charge in [-0.05, 0) is 25.5 Å². The van der Waals surface area contributed by atoms with Crippen LogP contribution < -0.4 is 0 Å². The first kappa shape index (κ1) is 20.4. The van der Waals surface area contributed by atoms with Gasteiger partial charge in [0.15, 0.2) is 5.16 Å². The largest absolute Gasteiger partial charge is 0.505 e. The van der Waals surface area contributed by atoms with Crippen LogP contribution in [0.15, 0.2) is 16.3 Å². The average molecular weight is 378 g/mol. The molecular formula is C18H27N5O2S. The van der Waals surface area contributed by atoms with Crippen molar-refractivity contribution in [2.24, 2.45) is 10.9 Å². The van der Waals surface area contributed by atoms with Crippen LogP contribution in [0.2, 0.25) is 0 Å². The lowest BCUT2D eigenvalue weighted by atomic mass is 10.1. The molecule has 0 saturated heterocycles. The van der Waals surface area contributed by atoms with E-state index in [4.69, 9.17) is 0 Å². The van der Waals surface area contributed by atoms with Crippen molar-refractivity contribution in [3.8, 4) is 5.75 Å². The summed E-state index contributed by atoms with van der Waals surface area (Å²) in [7, 11) is 0. The molecular weight excluding hydrogens is 350 g/mol. The van der Waals surface area contributed by atoms with Gasteiger partial charge in [0.05, 0.1) is 12.3 Å². The zero-order valence-electron chi connectivity index (χ0n) is 15.8. The molecule has 0 amide bonds. The van der Waals surface area contributed by atoms with E-state index in [1.807, 2.05) is 6.26 Å². The second-order valence-electron chi connectivity index (χ2n) is 6.54. The summed E-state index contributed by atoms with van der Waals surface area (Å²) in [6.45, 7) is 7.41. The molecule has 0 aliphatic rings. The highest BCUT2D eigenvalue weighted by Crippen LogP contribution is 2.22. The van der Waals surface area contributed by atoms with Gasteiger partial charge in [0.1, 0.15) is 11.6 Å². The van der Waals surface area contributed by atoms with Crippen molar-refractivity contribution in [1.29, 1.82) is 0 Å². The van der Waals surface area contributed by atoms with Crippen LogP contribution >= 0.6 is 11.8 Å². The monoisotopic (exact) mass is 377 g/mol. The molecule has 2 aromatic rings. The van der Waals surface area contributed by atoms with Crippen LogP contribution in [0.25, 0.3) is 0 Å². The molecule has 0 bridgehead atoms. The Morgan fingerprint density at radius 1 is 1.35 bits per heavy atom. The van der Waals surface area contributed by atoms with Crippen LogP contribution in [-0.4, -0.2) is 49.0 Å². The van der Waals surface area contributed by atoms with Gasteiger partial charge < -0.3 is 14.8 Å². The molecule has 0 radical (unpaired) electrons. The highest BCUT2D eigenvalue weighted by Gasteiger charge is 2.12. The lowest BCUT2D eigenvalue weighted by molar-refractivity contribution is 0.280. The predicted octanol–water partition coefficient (Wildman–Crippen LogP) is 2.61. The molecule has 26 heavy (non-hydrogen) atoms. The molecule has 2 heterocycles. The van der Waals surface area contributed by atoms with Crippen LogP contribution in [0.4, 0.5) is 0 Å². The number of nitrogens with zero attached hydrogens (tertiary/aromatic N) is 5. The minimum atomic E-state index is -0.183. The van der Waals surface area contributed by atoms with E-state index in [1.165, 1.54) is 0 Å². The molecule has 0 spiro atoms. The van der Waals surface area contributed by atoms with Gasteiger partial charge in [-0.1, -0.05) is 25.6 Å². The Morgan fingerprint density at radius 2 is 2.12 bits per heavy atom. The van der Waals surface area contributed by atoms with Gasteiger partial charge in [-0.2, -0.15) is 0 Å². The predicted molar refractivity (Wildman–Crippen MR) is 104 cm³/mol. The minimum Gasteiger partial charge on any atom is -0.505 e. The number of pyridine rings is 1. The van der Waals surface area contributed by atoms with Gasteiger partial charge in [0.2, 0.25) is 0 Å². The Balaban J connectivity index is 1.99. The van der Waals surface area contributed by atoms with Crippen LogP contribution in [0.5, 0.6) is 5.75 Å². The molecule has 0 saturated carbocycles. The second-order valence-corrected chi connectivity index (χ2v) is 7.31. The third kappa shape index (κ3) is 5.04. The van der Waals surface area contributed by atoms with Crippen LogP contribution in [0, 0.1) is 12.8 Å². The number of aliphatic hydroxyl groups is 1. The first-order valence-electron chi connectivity index (χ1n) is 8.72. The number of rotatable bonds is 9. The quantitative estimate of drug-likeness (QED) is 0.396. The third-order valence-corrected chi connectivity index (χ3v) is 4.63. The maximum Gasteiger partial charge on any atom is 0.190 e. The number of thioether (sulfide) groups is 1. The molecule has 0 unspecified atom stereocenters. The smallest absolute Gasteiger partial charge is 0.190 e. The molecule has 2 rings (SSSR count). The van der Waals surface area contributed by atoms with Crippen molar-refractivity contribution in [3.05, 3.63) is 28.8 Å². The zero-order chi connectivity index (χ0) is 19.1. The summed E-state index contributed by atoms with van der Waals surface area (Å²) in [5, 5.41) is 29.0. The molecule has 0 atom stereocenters. The van der Waals surface area contributed by atoms with Crippen LogP contribution in [-0.2, 0) is 19.6 Å². The van der Waals surface area contributed by atoms with E-state index >= 15 is 0 Å². The van der Waals surface area contributed by atoms with Crippen molar-refractivity contribution in [1.82, 2.24) is 19.7 Å². The second kappa shape index (κ2) is 9.68. The fraction of sp³-hybridized carbons (Fsp3) is 0.556. The standard InChI is InChI=1S/C18H27N5O2S/c1-12(2)10-23-16(21-22-18(23)26-4)6-5-7-19-9-15-14(11-24)8-20-13(3)17(15)25/h8-9,12,24-25H,5-7,10-11H2,1-4H3. The lowest BCUT2D eigenvalue weighted by Gasteiger charge is -2.11. The molecule has 0 aromatic carbocycles. The Labute approximate surface area is 158 Å². The van der Waals surface area contributed by atoms with Gasteiger partial charge in [0, 0.05) is 43.0 Å². The number of aliphatic hydroxyl groups excluding tert-OH is 1. The molecule has 0 fully saturated rings. The minimum absolute atomic E-state index is 0.0709. The maximum absolute atomic E-state index is 10.1. The van der Waals surface area contributed by atoms with Crippen molar-refractivity contribution < 1.29 is 10.2 Å². The van der Waals surface area contributed by atoms with Crippen molar-refractivity contribution in [2.45, 2.75) is 51.9 Å². The van der Waals surface area contributed by atoms with Crippen LogP contribution in [0.1, 0.15) is 42.9 Å². The fourth-order valence-electron chi connectivity index (χ4n) is 2.61. The van der Waals surface area contributed by atoms with E-state index in [0.717, 1.165) is 30.4 Å². The number of aromatic hydroxyl groups is 1. The van der Waals surface area contributed by atoms with Crippen molar-refractivity contribution >= 4 is 18.0 Å². The van der Waals surface area contributed by atoms with Crippen molar-refractivity contribution in [3.63, 3.8) is 0 Å². The summed E-state index contributed by atoms with van der Waals surface area (Å²) in [6, 6.07) is 0. The maximum atomic E-state index is 10.1. The average Bonchev–Trinajstić information content (AvgIpc) is 2.99. The molecule has 142 valence electrons. The number of hydrogen-bond donors (Lipinski definition) is 2. The van der Waals surface area contributed by atoms with Gasteiger partial charge >= 0.3 is 0 Å². The first-order valence-corrected chi connectivity index (χ1v) is 9.94. The number of aliphatic imine (C=N–C) groups is 1. The van der Waals surface area contributed by atoms with E-state index in [9.17, 15) is 10.2 Å². The van der Waals surface area contributed by atoms with Crippen LogP contribution in [0.3, 0.4) is 0 Å². The fourth-order valence-corrected chi connectivity index (χ4v) is 3.13. The Kier molecular flexibility index (Phi) is 7.59. The molecule has 2 N–H and O–H groups in total. The Hall–Kier alpha value is -1.93. The van der Waals surface area contributed by atoms with E-state index in [0.29, 0.717) is 29.3 Å². The summed E-state index contributed by atoms with van der Waals surface area (Å²) >= 11 is 1.61. The van der Waals surface area contributed by atoms with Crippen molar-refractivity contribution in [2.75, 3.05) is 12.8 Å². The number of aromatic nitrogens is 4. The summed E-state index contributed by atoms with van der Waals surface area (Å²) < 4.78 is 2.18. The molecule has 2 aromatic heterocycles. The SMILES string of the molecule is CSc1nnc(CCCN=Cc2c(CO)cnc(C)c2O)n1CC(C)C. The molecule has 0 aliphatic carbocycles. The normalized spacial score (nSPS) is 11.8. The summed E-state index contributed by atoms with van der Waals surface area (Å²) in [5.74, 6) is 1.59. The third-order valence-electron chi connectivity index (χ3n) is 3.96. The topological polar surface area (TPSA) is 96.4 Å². The Morgan fingerprint density at radius 3 is 2.77 bits per heavy atom. The van der Waals surface area contributed by atoms with Gasteiger partial charge in [0.25, 0.3) is 0 Å². The first-order chi connectivity index (χ1) is 12.5. The molecule has 8 heteroatoms. The van der Waals surface area contributed by atoms with Gasteiger partial charge in [-0.25, -0.2) is 0 Å². The van der Waals surface area contributed by atoms with Gasteiger partial charge in [-0.15, -0.1) is 10.2 Å². The highest BCUT2D eigenvalue weighted by molar-refractivity contribution is 7.98. The van der Waals surface area contributed by atoms with E-state index < -0.39 is 0 Å². The lowest BCUT2D eigenvalue weighted by Crippen LogP contribution is -2.10. The Bertz CT molecular complexity index is 758. The zero-order valence-corrected chi connectivity index (χ0v) is 16.6. The van der Waals surface area contributed by atoms with E-state index in [2.05, 4.69) is 38.6 Å².